The lowest BCUT2D eigenvalue weighted by molar-refractivity contribution is 0.497. The highest BCUT2D eigenvalue weighted by atomic mass is 15.3. The van der Waals surface area contributed by atoms with Crippen LogP contribution in [0.1, 0.15) is 18.4 Å². The van der Waals surface area contributed by atoms with Crippen LogP contribution in [0, 0.1) is 6.92 Å². The van der Waals surface area contributed by atoms with Gasteiger partial charge >= 0.3 is 0 Å². The van der Waals surface area contributed by atoms with Crippen LogP contribution in [0.2, 0.25) is 0 Å². The number of aryl methyl sites for hydroxylation is 1. The molecule has 2 heterocycles. The van der Waals surface area contributed by atoms with Crippen LogP contribution in [0.5, 0.6) is 0 Å². The molecule has 0 atom stereocenters. The van der Waals surface area contributed by atoms with E-state index in [1.807, 2.05) is 6.07 Å². The van der Waals surface area contributed by atoms with Crippen LogP contribution < -0.4 is 10.6 Å². The molecule has 0 saturated carbocycles. The van der Waals surface area contributed by atoms with Gasteiger partial charge in [0.15, 0.2) is 5.82 Å². The Hall–Kier alpha value is -1.94. The minimum atomic E-state index is 0.339. The molecule has 1 fully saturated rings. The number of rotatable bonds is 2. The van der Waals surface area contributed by atoms with Gasteiger partial charge in [-0.3, -0.25) is 0 Å². The molecule has 2 N–H and O–H groups in total. The van der Waals surface area contributed by atoms with Gasteiger partial charge in [-0.1, -0.05) is 29.8 Å². The van der Waals surface area contributed by atoms with Crippen molar-refractivity contribution in [2.24, 2.45) is 5.73 Å². The van der Waals surface area contributed by atoms with Gasteiger partial charge in [0, 0.05) is 24.7 Å². The van der Waals surface area contributed by atoms with Crippen molar-refractivity contribution in [3.05, 3.63) is 42.0 Å². The van der Waals surface area contributed by atoms with Crippen molar-refractivity contribution in [2.75, 3.05) is 18.0 Å². The van der Waals surface area contributed by atoms with Gasteiger partial charge in [-0.05, 0) is 31.9 Å². The number of hydrogen-bond acceptors (Lipinski definition) is 4. The first kappa shape index (κ1) is 13.1. The molecule has 104 valence electrons. The van der Waals surface area contributed by atoms with Crippen LogP contribution in [0.25, 0.3) is 11.3 Å². The van der Waals surface area contributed by atoms with Gasteiger partial charge in [0.05, 0.1) is 5.69 Å². The van der Waals surface area contributed by atoms with Gasteiger partial charge in [-0.25, -0.2) is 0 Å². The Morgan fingerprint density at radius 2 is 1.70 bits per heavy atom. The smallest absolute Gasteiger partial charge is 0.151 e. The summed E-state index contributed by atoms with van der Waals surface area (Å²) in [4.78, 5) is 2.26. The monoisotopic (exact) mass is 268 g/mol. The second kappa shape index (κ2) is 5.59. The number of hydrogen-bond donors (Lipinski definition) is 1. The molecule has 3 rings (SSSR count). The summed E-state index contributed by atoms with van der Waals surface area (Å²) in [7, 11) is 0. The van der Waals surface area contributed by atoms with Crippen molar-refractivity contribution in [1.29, 1.82) is 0 Å². The van der Waals surface area contributed by atoms with E-state index in [4.69, 9.17) is 5.73 Å². The number of aromatic nitrogens is 2. The van der Waals surface area contributed by atoms with Crippen molar-refractivity contribution < 1.29 is 0 Å². The summed E-state index contributed by atoms with van der Waals surface area (Å²) in [6.45, 7) is 4.03. The summed E-state index contributed by atoms with van der Waals surface area (Å²) in [6.07, 6.45) is 2.06. The average Bonchev–Trinajstić information content (AvgIpc) is 2.49. The maximum atomic E-state index is 5.92. The van der Waals surface area contributed by atoms with Crippen LogP contribution in [0.15, 0.2) is 36.4 Å². The Morgan fingerprint density at radius 3 is 2.30 bits per heavy atom. The first-order chi connectivity index (χ1) is 9.72. The molecule has 0 aliphatic carbocycles. The summed E-state index contributed by atoms with van der Waals surface area (Å²) in [5, 5.41) is 8.71. The predicted molar refractivity (Wildman–Crippen MR) is 81.6 cm³/mol. The van der Waals surface area contributed by atoms with Gasteiger partial charge in [0.1, 0.15) is 0 Å². The minimum absolute atomic E-state index is 0.339. The number of benzene rings is 1. The van der Waals surface area contributed by atoms with E-state index in [2.05, 4.69) is 52.4 Å². The molecule has 20 heavy (non-hydrogen) atoms. The molecule has 0 spiro atoms. The molecule has 2 aromatic rings. The average molecular weight is 268 g/mol. The van der Waals surface area contributed by atoms with E-state index in [0.29, 0.717) is 6.04 Å². The lowest BCUT2D eigenvalue weighted by atomic mass is 10.1. The molecule has 1 saturated heterocycles. The Balaban J connectivity index is 1.76. The molecule has 1 aromatic heterocycles. The lowest BCUT2D eigenvalue weighted by Crippen LogP contribution is -2.40. The first-order valence-corrected chi connectivity index (χ1v) is 7.14. The zero-order chi connectivity index (χ0) is 13.9. The third-order valence-corrected chi connectivity index (χ3v) is 3.86. The van der Waals surface area contributed by atoms with Crippen molar-refractivity contribution in [2.45, 2.75) is 25.8 Å². The van der Waals surface area contributed by atoms with Crippen LogP contribution in [-0.2, 0) is 0 Å². The zero-order valence-electron chi connectivity index (χ0n) is 11.8. The maximum absolute atomic E-state index is 5.92. The van der Waals surface area contributed by atoms with Crippen molar-refractivity contribution in [3.8, 4) is 11.3 Å². The van der Waals surface area contributed by atoms with Crippen molar-refractivity contribution in [1.82, 2.24) is 10.2 Å². The summed E-state index contributed by atoms with van der Waals surface area (Å²) < 4.78 is 0. The van der Waals surface area contributed by atoms with Gasteiger partial charge in [-0.2, -0.15) is 0 Å². The quantitative estimate of drug-likeness (QED) is 0.908. The molecule has 4 heteroatoms. The van der Waals surface area contributed by atoms with E-state index in [1.165, 1.54) is 5.56 Å². The van der Waals surface area contributed by atoms with E-state index >= 15 is 0 Å². The van der Waals surface area contributed by atoms with Gasteiger partial charge in [0.2, 0.25) is 0 Å². The molecule has 1 aliphatic rings. The molecule has 0 bridgehead atoms. The Labute approximate surface area is 119 Å². The summed E-state index contributed by atoms with van der Waals surface area (Å²) in [5.74, 6) is 0.952. The maximum Gasteiger partial charge on any atom is 0.151 e. The topological polar surface area (TPSA) is 55.0 Å². The number of nitrogens with zero attached hydrogens (tertiary/aromatic N) is 3. The SMILES string of the molecule is Cc1ccc(-c2ccc(N3CCC(N)CC3)nn2)cc1. The van der Waals surface area contributed by atoms with Crippen LogP contribution >= 0.6 is 0 Å². The summed E-state index contributed by atoms with van der Waals surface area (Å²) in [6, 6.07) is 12.8. The largest absolute Gasteiger partial charge is 0.355 e. The number of anilines is 1. The first-order valence-electron chi connectivity index (χ1n) is 7.14. The highest BCUT2D eigenvalue weighted by Gasteiger charge is 2.17. The highest BCUT2D eigenvalue weighted by molar-refractivity contribution is 5.60. The Kier molecular flexibility index (Phi) is 3.65. The van der Waals surface area contributed by atoms with E-state index in [0.717, 1.165) is 43.0 Å². The zero-order valence-corrected chi connectivity index (χ0v) is 11.8. The van der Waals surface area contributed by atoms with Crippen molar-refractivity contribution >= 4 is 5.82 Å². The van der Waals surface area contributed by atoms with Gasteiger partial charge < -0.3 is 10.6 Å². The standard InChI is InChI=1S/C16H20N4/c1-12-2-4-13(5-3-12)15-6-7-16(19-18-15)20-10-8-14(17)9-11-20/h2-7,14H,8-11,17H2,1H3. The van der Waals surface area contributed by atoms with E-state index in [9.17, 15) is 0 Å². The van der Waals surface area contributed by atoms with Crippen LogP contribution in [-0.4, -0.2) is 29.3 Å². The molecule has 1 aliphatic heterocycles. The molecule has 0 amide bonds. The molecule has 0 radical (unpaired) electrons. The fourth-order valence-corrected chi connectivity index (χ4v) is 2.50. The third-order valence-electron chi connectivity index (χ3n) is 3.86. The normalized spacial score (nSPS) is 16.4. The second-order valence-electron chi connectivity index (χ2n) is 5.47. The summed E-state index contributed by atoms with van der Waals surface area (Å²) >= 11 is 0. The second-order valence-corrected chi connectivity index (χ2v) is 5.47. The number of piperidine rings is 1. The Morgan fingerprint density at radius 1 is 1.00 bits per heavy atom. The van der Waals surface area contributed by atoms with Gasteiger partial charge in [0.25, 0.3) is 0 Å². The fourth-order valence-electron chi connectivity index (χ4n) is 2.50. The van der Waals surface area contributed by atoms with E-state index in [1.54, 1.807) is 0 Å². The molecule has 4 nitrogen and oxygen atoms in total. The lowest BCUT2D eigenvalue weighted by Gasteiger charge is -2.30. The van der Waals surface area contributed by atoms with Gasteiger partial charge in [-0.15, -0.1) is 10.2 Å². The van der Waals surface area contributed by atoms with Crippen LogP contribution in [0.4, 0.5) is 5.82 Å². The van der Waals surface area contributed by atoms with Crippen molar-refractivity contribution in [3.63, 3.8) is 0 Å². The highest BCUT2D eigenvalue weighted by Crippen LogP contribution is 2.20. The summed E-state index contributed by atoms with van der Waals surface area (Å²) in [5.41, 5.74) is 9.20. The Bertz CT molecular complexity index is 554. The molecule has 1 aromatic carbocycles. The molecule has 0 unspecified atom stereocenters. The predicted octanol–water partition coefficient (Wildman–Crippen LogP) is 2.38. The number of nitrogens with two attached hydrogens (primary N) is 1. The van der Waals surface area contributed by atoms with E-state index < -0.39 is 0 Å². The fraction of sp³-hybridized carbons (Fsp3) is 0.375. The molecular formula is C16H20N4. The molecular weight excluding hydrogens is 248 g/mol. The van der Waals surface area contributed by atoms with E-state index in [-0.39, 0.29) is 0 Å². The minimum Gasteiger partial charge on any atom is -0.355 e. The van der Waals surface area contributed by atoms with Crippen LogP contribution in [0.3, 0.4) is 0 Å². The third kappa shape index (κ3) is 2.80.